The van der Waals surface area contributed by atoms with Gasteiger partial charge in [0.2, 0.25) is 0 Å². The number of rotatable bonds is 3. The summed E-state index contributed by atoms with van der Waals surface area (Å²) < 4.78 is 25.9. The number of aromatic nitrogens is 4. The van der Waals surface area contributed by atoms with E-state index >= 15 is 0 Å². The highest BCUT2D eigenvalue weighted by Crippen LogP contribution is 2.18. The third-order valence-electron chi connectivity index (χ3n) is 2.96. The van der Waals surface area contributed by atoms with Crippen molar-refractivity contribution in [1.82, 2.24) is 25.3 Å². The van der Waals surface area contributed by atoms with E-state index in [2.05, 4.69) is 30.6 Å². The van der Waals surface area contributed by atoms with Crippen LogP contribution < -0.4 is 10.6 Å². The van der Waals surface area contributed by atoms with Gasteiger partial charge < -0.3 is 5.32 Å². The zero-order chi connectivity index (χ0) is 19.9. The lowest BCUT2D eigenvalue weighted by atomic mass is 10.2. The van der Waals surface area contributed by atoms with Gasteiger partial charge in [-0.3, -0.25) is 19.8 Å². The molecule has 0 fully saturated rings. The minimum absolute atomic E-state index is 0.299. The molecule has 0 spiro atoms. The molecule has 11 heteroatoms. The predicted octanol–water partition coefficient (Wildman–Crippen LogP) is 1.73. The van der Waals surface area contributed by atoms with E-state index in [-0.39, 0.29) is 6.03 Å². The Hall–Kier alpha value is -3.18. The van der Waals surface area contributed by atoms with E-state index < -0.39 is 10.1 Å². The van der Waals surface area contributed by atoms with Crippen molar-refractivity contribution in [3.8, 4) is 11.3 Å². The van der Waals surface area contributed by atoms with Gasteiger partial charge in [0.1, 0.15) is 11.3 Å². The standard InChI is InChI=1S/C15H14N6O.CH4O3S/c1-2-17-15(22)21-13-4-3-11-14(20-13)19-12(9-18-11)10-5-7-16-8-6-10;1-5(2,3)4/h3-9H,2H2,1H3,(H2,17,19,20,21,22);1H3,(H,2,3,4). The Morgan fingerprint density at radius 3 is 2.44 bits per heavy atom. The maximum atomic E-state index is 11.5. The fraction of sp³-hybridized carbons (Fsp3) is 0.188. The number of urea groups is 1. The topological polar surface area (TPSA) is 147 Å². The maximum Gasteiger partial charge on any atom is 0.320 e. The Bertz CT molecular complexity index is 1020. The molecule has 0 aliphatic heterocycles. The molecule has 0 aliphatic carbocycles. The van der Waals surface area contributed by atoms with E-state index in [0.29, 0.717) is 35.5 Å². The van der Waals surface area contributed by atoms with Crippen LogP contribution in [0.4, 0.5) is 10.6 Å². The fourth-order valence-electron chi connectivity index (χ4n) is 1.95. The summed E-state index contributed by atoms with van der Waals surface area (Å²) in [7, 11) is -3.67. The lowest BCUT2D eigenvalue weighted by Gasteiger charge is -2.06. The molecular weight excluding hydrogens is 372 g/mol. The van der Waals surface area contributed by atoms with Crippen LogP contribution in [-0.2, 0) is 10.1 Å². The van der Waals surface area contributed by atoms with Crippen LogP contribution in [0.5, 0.6) is 0 Å². The van der Waals surface area contributed by atoms with Gasteiger partial charge in [-0.1, -0.05) is 0 Å². The van der Waals surface area contributed by atoms with Gasteiger partial charge in [0, 0.05) is 24.5 Å². The van der Waals surface area contributed by atoms with Gasteiger partial charge in [-0.05, 0) is 31.2 Å². The van der Waals surface area contributed by atoms with Crippen LogP contribution in [0.1, 0.15) is 6.92 Å². The first-order chi connectivity index (χ1) is 12.8. The fourth-order valence-corrected chi connectivity index (χ4v) is 1.95. The summed E-state index contributed by atoms with van der Waals surface area (Å²) in [5.74, 6) is 0.430. The van der Waals surface area contributed by atoms with Crippen LogP contribution in [0, 0.1) is 0 Å². The highest BCUT2D eigenvalue weighted by molar-refractivity contribution is 7.85. The number of carbonyl (C=O) groups excluding carboxylic acids is 1. The molecule has 0 atom stereocenters. The molecule has 3 aromatic rings. The van der Waals surface area contributed by atoms with E-state index in [1.54, 1.807) is 30.7 Å². The second-order valence-corrected chi connectivity index (χ2v) is 6.71. The molecule has 0 aliphatic rings. The normalized spacial score (nSPS) is 10.6. The molecule has 0 radical (unpaired) electrons. The molecule has 0 unspecified atom stereocenters. The summed E-state index contributed by atoms with van der Waals surface area (Å²) in [6, 6.07) is 6.87. The number of amides is 2. The highest BCUT2D eigenvalue weighted by Gasteiger charge is 2.06. The van der Waals surface area contributed by atoms with Gasteiger partial charge in [0.05, 0.1) is 18.1 Å². The van der Waals surface area contributed by atoms with Crippen LogP contribution in [0.15, 0.2) is 42.9 Å². The molecule has 3 heterocycles. The summed E-state index contributed by atoms with van der Waals surface area (Å²) >= 11 is 0. The molecule has 0 saturated heterocycles. The minimum Gasteiger partial charge on any atom is -0.338 e. The Balaban J connectivity index is 0.000000465. The number of carbonyl (C=O) groups is 1. The second-order valence-electron chi connectivity index (χ2n) is 5.25. The van der Waals surface area contributed by atoms with Crippen molar-refractivity contribution >= 4 is 33.1 Å². The third kappa shape index (κ3) is 6.92. The summed E-state index contributed by atoms with van der Waals surface area (Å²) in [5.41, 5.74) is 2.76. The Labute approximate surface area is 155 Å². The molecule has 3 aromatic heterocycles. The molecule has 2 amide bonds. The lowest BCUT2D eigenvalue weighted by Crippen LogP contribution is -2.28. The number of nitrogens with one attached hydrogen (secondary N) is 2. The monoisotopic (exact) mass is 390 g/mol. The predicted molar refractivity (Wildman–Crippen MR) is 101 cm³/mol. The number of anilines is 1. The van der Waals surface area contributed by atoms with Crippen LogP contribution in [0.2, 0.25) is 0 Å². The van der Waals surface area contributed by atoms with Crippen LogP contribution in [0.25, 0.3) is 22.4 Å². The van der Waals surface area contributed by atoms with Gasteiger partial charge in [-0.15, -0.1) is 0 Å². The van der Waals surface area contributed by atoms with Crippen molar-refractivity contribution < 1.29 is 17.8 Å². The maximum absolute atomic E-state index is 11.5. The number of nitrogens with zero attached hydrogens (tertiary/aromatic N) is 4. The largest absolute Gasteiger partial charge is 0.338 e. The molecule has 142 valence electrons. The SMILES string of the molecule is CCNC(=O)Nc1ccc2ncc(-c3ccncc3)nc2n1.CS(=O)(=O)O. The van der Waals surface area contributed by atoms with E-state index in [1.807, 2.05) is 19.1 Å². The van der Waals surface area contributed by atoms with Gasteiger partial charge in [-0.2, -0.15) is 8.42 Å². The number of pyridine rings is 2. The molecule has 0 aromatic carbocycles. The zero-order valence-electron chi connectivity index (χ0n) is 14.6. The van der Waals surface area contributed by atoms with Crippen molar-refractivity contribution in [1.29, 1.82) is 0 Å². The van der Waals surface area contributed by atoms with E-state index in [1.165, 1.54) is 0 Å². The molecular formula is C16H18N6O4S. The van der Waals surface area contributed by atoms with Crippen molar-refractivity contribution in [3.05, 3.63) is 42.9 Å². The molecule has 0 saturated carbocycles. The minimum atomic E-state index is -3.67. The Morgan fingerprint density at radius 1 is 1.15 bits per heavy atom. The smallest absolute Gasteiger partial charge is 0.320 e. The first-order valence-electron chi connectivity index (χ1n) is 7.77. The summed E-state index contributed by atoms with van der Waals surface area (Å²) in [6.07, 6.45) is 5.80. The number of fused-ring (bicyclic) bond motifs is 1. The molecule has 3 N–H and O–H groups in total. The molecule has 3 rings (SSSR count). The van der Waals surface area contributed by atoms with E-state index in [9.17, 15) is 13.2 Å². The van der Waals surface area contributed by atoms with E-state index in [4.69, 9.17) is 4.55 Å². The number of hydrogen-bond donors (Lipinski definition) is 3. The first-order valence-corrected chi connectivity index (χ1v) is 9.62. The van der Waals surface area contributed by atoms with Crippen molar-refractivity contribution in [3.63, 3.8) is 0 Å². The summed E-state index contributed by atoms with van der Waals surface area (Å²) in [4.78, 5) is 28.7. The Kier molecular flexibility index (Phi) is 6.68. The van der Waals surface area contributed by atoms with Crippen LogP contribution in [-0.4, -0.2) is 51.7 Å². The second kappa shape index (κ2) is 8.96. The van der Waals surface area contributed by atoms with E-state index in [0.717, 1.165) is 5.56 Å². The van der Waals surface area contributed by atoms with Gasteiger partial charge in [-0.25, -0.2) is 14.8 Å². The lowest BCUT2D eigenvalue weighted by molar-refractivity contribution is 0.252. The van der Waals surface area contributed by atoms with Crippen molar-refractivity contribution in [2.75, 3.05) is 18.1 Å². The third-order valence-corrected chi connectivity index (χ3v) is 2.96. The Morgan fingerprint density at radius 2 is 1.81 bits per heavy atom. The summed E-state index contributed by atoms with van der Waals surface area (Å²) in [6.45, 7) is 2.39. The van der Waals surface area contributed by atoms with Gasteiger partial charge in [0.15, 0.2) is 5.65 Å². The quantitative estimate of drug-likeness (QED) is 0.573. The van der Waals surface area contributed by atoms with Crippen molar-refractivity contribution in [2.24, 2.45) is 0 Å². The molecule has 10 nitrogen and oxygen atoms in total. The molecule has 27 heavy (non-hydrogen) atoms. The van der Waals surface area contributed by atoms with Crippen LogP contribution >= 0.6 is 0 Å². The highest BCUT2D eigenvalue weighted by atomic mass is 32.2. The average molecular weight is 390 g/mol. The molecule has 0 bridgehead atoms. The number of hydrogen-bond acceptors (Lipinski definition) is 7. The first kappa shape index (κ1) is 20.1. The van der Waals surface area contributed by atoms with Gasteiger partial charge in [0.25, 0.3) is 10.1 Å². The van der Waals surface area contributed by atoms with Crippen LogP contribution in [0.3, 0.4) is 0 Å². The average Bonchev–Trinajstić information content (AvgIpc) is 2.60. The summed E-state index contributed by atoms with van der Waals surface area (Å²) in [5, 5.41) is 5.30. The zero-order valence-corrected chi connectivity index (χ0v) is 15.4. The van der Waals surface area contributed by atoms with Crippen molar-refractivity contribution in [2.45, 2.75) is 6.92 Å². The van der Waals surface area contributed by atoms with Gasteiger partial charge >= 0.3 is 6.03 Å².